The van der Waals surface area contributed by atoms with Crippen LogP contribution >= 0.6 is 22.9 Å². The third-order valence-corrected chi connectivity index (χ3v) is 3.15. The third-order valence-electron chi connectivity index (χ3n) is 1.87. The predicted octanol–water partition coefficient (Wildman–Crippen LogP) is 3.94. The summed E-state index contributed by atoms with van der Waals surface area (Å²) in [7, 11) is 0. The van der Waals surface area contributed by atoms with E-state index in [1.807, 2.05) is 36.4 Å². The van der Waals surface area contributed by atoms with Gasteiger partial charge in [0.05, 0.1) is 16.0 Å². The van der Waals surface area contributed by atoms with Crippen LogP contribution < -0.4 is 0 Å². The second-order valence-corrected chi connectivity index (χ2v) is 4.51. The zero-order chi connectivity index (χ0) is 9.97. The van der Waals surface area contributed by atoms with Gasteiger partial charge in [-0.3, -0.25) is 0 Å². The van der Waals surface area contributed by atoms with Crippen molar-refractivity contribution in [3.8, 4) is 16.5 Å². The molecule has 2 rings (SSSR count). The van der Waals surface area contributed by atoms with Gasteiger partial charge in [0, 0.05) is 4.88 Å². The maximum Gasteiger partial charge on any atom is 0.0991 e. The monoisotopic (exact) mass is 219 g/mol. The molecule has 0 aliphatic rings. The Morgan fingerprint density at radius 1 is 1.07 bits per heavy atom. The number of thiophene rings is 1. The fourth-order valence-corrected chi connectivity index (χ4v) is 2.23. The molecule has 0 radical (unpaired) electrons. The lowest BCUT2D eigenvalue weighted by Gasteiger charge is -1.95. The van der Waals surface area contributed by atoms with E-state index in [-0.39, 0.29) is 0 Å². The van der Waals surface area contributed by atoms with E-state index >= 15 is 0 Å². The number of hydrogen-bond donors (Lipinski definition) is 0. The normalized spacial score (nSPS) is 9.71. The summed E-state index contributed by atoms with van der Waals surface area (Å²) >= 11 is 7.37. The van der Waals surface area contributed by atoms with E-state index in [4.69, 9.17) is 16.9 Å². The van der Waals surface area contributed by atoms with Gasteiger partial charge in [0.1, 0.15) is 0 Å². The van der Waals surface area contributed by atoms with Crippen LogP contribution in [0.25, 0.3) is 10.4 Å². The summed E-state index contributed by atoms with van der Waals surface area (Å²) in [5.41, 5.74) is 1.78. The molecule has 0 saturated carbocycles. The van der Waals surface area contributed by atoms with Crippen molar-refractivity contribution in [3.05, 3.63) is 46.3 Å². The van der Waals surface area contributed by atoms with Gasteiger partial charge in [-0.2, -0.15) is 5.26 Å². The van der Waals surface area contributed by atoms with Crippen molar-refractivity contribution in [2.75, 3.05) is 0 Å². The van der Waals surface area contributed by atoms with E-state index in [0.29, 0.717) is 5.56 Å². The lowest BCUT2D eigenvalue weighted by Crippen LogP contribution is -1.74. The molecule has 0 unspecified atom stereocenters. The Bertz CT molecular complexity index is 479. The third kappa shape index (κ3) is 1.79. The molecule has 0 spiro atoms. The highest BCUT2D eigenvalue weighted by Crippen LogP contribution is 2.30. The zero-order valence-electron chi connectivity index (χ0n) is 7.20. The Hall–Kier alpha value is -1.30. The van der Waals surface area contributed by atoms with E-state index in [2.05, 4.69) is 6.07 Å². The van der Waals surface area contributed by atoms with Crippen molar-refractivity contribution in [1.82, 2.24) is 0 Å². The van der Waals surface area contributed by atoms with Crippen LogP contribution in [0.5, 0.6) is 0 Å². The Morgan fingerprint density at radius 3 is 2.29 bits per heavy atom. The summed E-state index contributed by atoms with van der Waals surface area (Å²) in [5, 5.41) is 8.63. The number of nitriles is 1. The van der Waals surface area contributed by atoms with Crippen LogP contribution in [0.15, 0.2) is 36.4 Å². The molecule has 68 valence electrons. The van der Waals surface area contributed by atoms with Crippen LogP contribution in [0.4, 0.5) is 0 Å². The molecule has 2 aromatic rings. The van der Waals surface area contributed by atoms with Gasteiger partial charge < -0.3 is 0 Å². The molecule has 1 nitrogen and oxygen atoms in total. The molecule has 0 bridgehead atoms. The van der Waals surface area contributed by atoms with Gasteiger partial charge in [-0.25, -0.2) is 0 Å². The lowest BCUT2D eigenvalue weighted by molar-refractivity contribution is 1.49. The maximum atomic E-state index is 8.63. The highest BCUT2D eigenvalue weighted by Gasteiger charge is 2.00. The van der Waals surface area contributed by atoms with Crippen LogP contribution in [-0.4, -0.2) is 0 Å². The number of nitrogens with zero attached hydrogens (tertiary/aromatic N) is 1. The van der Waals surface area contributed by atoms with Crippen molar-refractivity contribution in [2.24, 2.45) is 0 Å². The Balaban J connectivity index is 2.39. The van der Waals surface area contributed by atoms with E-state index < -0.39 is 0 Å². The maximum absolute atomic E-state index is 8.63. The minimum Gasteiger partial charge on any atom is -0.192 e. The summed E-state index contributed by atoms with van der Waals surface area (Å²) in [6.45, 7) is 0. The number of rotatable bonds is 1. The molecule has 1 aromatic carbocycles. The van der Waals surface area contributed by atoms with Crippen LogP contribution in [-0.2, 0) is 0 Å². The predicted molar refractivity (Wildman–Crippen MR) is 59.5 cm³/mol. The lowest BCUT2D eigenvalue weighted by atomic mass is 10.1. The van der Waals surface area contributed by atoms with E-state index in [1.165, 1.54) is 11.3 Å². The molecule has 0 saturated heterocycles. The average molecular weight is 220 g/mol. The molecule has 0 N–H and O–H groups in total. The fraction of sp³-hybridized carbons (Fsp3) is 0. The molecule has 0 amide bonds. The zero-order valence-corrected chi connectivity index (χ0v) is 8.77. The topological polar surface area (TPSA) is 23.8 Å². The van der Waals surface area contributed by atoms with Gasteiger partial charge in [0.25, 0.3) is 0 Å². The van der Waals surface area contributed by atoms with E-state index in [1.54, 1.807) is 0 Å². The fourth-order valence-electron chi connectivity index (χ4n) is 1.18. The number of halogens is 1. The van der Waals surface area contributed by atoms with Crippen molar-refractivity contribution < 1.29 is 0 Å². The summed E-state index contributed by atoms with van der Waals surface area (Å²) in [4.78, 5) is 1.12. The van der Waals surface area contributed by atoms with E-state index in [0.717, 1.165) is 14.8 Å². The van der Waals surface area contributed by atoms with Crippen molar-refractivity contribution >= 4 is 22.9 Å². The molecular formula is C11H6ClNS. The quantitative estimate of drug-likeness (QED) is 0.713. The summed E-state index contributed by atoms with van der Waals surface area (Å²) in [6, 6.07) is 13.4. The molecule has 0 aliphatic heterocycles. The van der Waals surface area contributed by atoms with Crippen molar-refractivity contribution in [1.29, 1.82) is 5.26 Å². The first-order valence-electron chi connectivity index (χ1n) is 4.05. The Labute approximate surface area is 91.2 Å². The van der Waals surface area contributed by atoms with Gasteiger partial charge >= 0.3 is 0 Å². The number of benzene rings is 1. The van der Waals surface area contributed by atoms with E-state index in [9.17, 15) is 0 Å². The smallest absolute Gasteiger partial charge is 0.0991 e. The van der Waals surface area contributed by atoms with Crippen LogP contribution in [0, 0.1) is 11.3 Å². The highest BCUT2D eigenvalue weighted by atomic mass is 35.5. The van der Waals surface area contributed by atoms with Crippen LogP contribution in [0.1, 0.15) is 5.56 Å². The molecular weight excluding hydrogens is 214 g/mol. The highest BCUT2D eigenvalue weighted by molar-refractivity contribution is 7.19. The van der Waals surface area contributed by atoms with Crippen LogP contribution in [0.3, 0.4) is 0 Å². The second-order valence-electron chi connectivity index (χ2n) is 2.79. The molecule has 0 atom stereocenters. The molecule has 1 aromatic heterocycles. The van der Waals surface area contributed by atoms with Gasteiger partial charge in [-0.1, -0.05) is 23.7 Å². The van der Waals surface area contributed by atoms with Crippen LogP contribution in [0.2, 0.25) is 4.34 Å². The van der Waals surface area contributed by atoms with Crippen molar-refractivity contribution in [2.45, 2.75) is 0 Å². The Morgan fingerprint density at radius 2 is 1.79 bits per heavy atom. The second kappa shape index (κ2) is 3.83. The van der Waals surface area contributed by atoms with Gasteiger partial charge in [0.2, 0.25) is 0 Å². The van der Waals surface area contributed by atoms with Gasteiger partial charge in [0.15, 0.2) is 0 Å². The minimum atomic E-state index is 0.677. The molecule has 14 heavy (non-hydrogen) atoms. The largest absolute Gasteiger partial charge is 0.192 e. The molecule has 0 fully saturated rings. The summed E-state index contributed by atoms with van der Waals surface area (Å²) in [5.74, 6) is 0. The average Bonchev–Trinajstić information content (AvgIpc) is 2.65. The van der Waals surface area contributed by atoms with Crippen molar-refractivity contribution in [3.63, 3.8) is 0 Å². The first-order valence-corrected chi connectivity index (χ1v) is 5.25. The Kier molecular flexibility index (Phi) is 2.53. The molecule has 3 heteroatoms. The molecule has 0 aliphatic carbocycles. The SMILES string of the molecule is N#Cc1ccc(-c2ccc(Cl)s2)cc1. The first kappa shape index (κ1) is 9.26. The number of hydrogen-bond acceptors (Lipinski definition) is 2. The minimum absolute atomic E-state index is 0.677. The van der Waals surface area contributed by atoms with Gasteiger partial charge in [-0.15, -0.1) is 11.3 Å². The summed E-state index contributed by atoms with van der Waals surface area (Å²) < 4.78 is 0.782. The first-order chi connectivity index (χ1) is 6.79. The molecule has 1 heterocycles. The standard InChI is InChI=1S/C11H6ClNS/c12-11-6-5-10(14-11)9-3-1-8(7-13)2-4-9/h1-6H. The summed E-state index contributed by atoms with van der Waals surface area (Å²) in [6.07, 6.45) is 0. The van der Waals surface area contributed by atoms with Gasteiger partial charge in [-0.05, 0) is 29.8 Å².